The number of epoxide rings is 1. The van der Waals surface area contributed by atoms with E-state index in [1.807, 2.05) is 6.07 Å². The van der Waals surface area contributed by atoms with Crippen molar-refractivity contribution in [3.63, 3.8) is 0 Å². The maximum absolute atomic E-state index is 6.54. The molecule has 0 aromatic heterocycles. The number of rotatable bonds is 15. The molecule has 0 amide bonds. The molecular weight excluding hydrogens is 420 g/mol. The van der Waals surface area contributed by atoms with Crippen molar-refractivity contribution in [3.05, 3.63) is 34.9 Å². The lowest BCUT2D eigenvalue weighted by molar-refractivity contribution is 0.0485. The Hall–Kier alpha value is -1.34. The second kappa shape index (κ2) is 12.2. The topological polar surface area (TPSA) is 49.5 Å². The molecule has 2 rings (SSSR count). The van der Waals surface area contributed by atoms with Gasteiger partial charge >= 0.3 is 0 Å². The van der Waals surface area contributed by atoms with Gasteiger partial charge in [-0.15, -0.1) is 0 Å². The fourth-order valence-electron chi connectivity index (χ4n) is 4.17. The van der Waals surface area contributed by atoms with Crippen LogP contribution in [-0.4, -0.2) is 41.0 Å². The number of hydrogen-bond donors (Lipinski definition) is 0. The number of benzene rings is 1. The molecule has 0 N–H and O–H groups in total. The van der Waals surface area contributed by atoms with Crippen LogP contribution in [0.5, 0.6) is 11.5 Å². The first-order valence-electron chi connectivity index (χ1n) is 12.0. The van der Waals surface area contributed by atoms with Gasteiger partial charge in [-0.25, -0.2) is 0 Å². The monoisotopic (exact) mass is 464 g/mol. The Kier molecular flexibility index (Phi) is 10.3. The van der Waals surface area contributed by atoms with Crippen LogP contribution < -0.4 is 9.47 Å². The summed E-state index contributed by atoms with van der Waals surface area (Å²) >= 11 is 0. The van der Waals surface area contributed by atoms with E-state index in [1.54, 1.807) is 14.2 Å². The van der Waals surface area contributed by atoms with Gasteiger partial charge in [-0.05, 0) is 75.9 Å². The van der Waals surface area contributed by atoms with E-state index in [2.05, 4.69) is 53.7 Å². The van der Waals surface area contributed by atoms with Crippen LogP contribution in [0.1, 0.15) is 65.5 Å². The van der Waals surface area contributed by atoms with Gasteiger partial charge in [0.2, 0.25) is 0 Å². The number of allylic oxidation sites excluding steroid dienone is 2. The summed E-state index contributed by atoms with van der Waals surface area (Å²) in [7, 11) is 1.66. The van der Waals surface area contributed by atoms with E-state index in [9.17, 15) is 0 Å². The summed E-state index contributed by atoms with van der Waals surface area (Å²) in [6.07, 6.45) is 5.56. The van der Waals surface area contributed by atoms with Gasteiger partial charge in [0.1, 0.15) is 0 Å². The van der Waals surface area contributed by atoms with E-state index in [0.717, 1.165) is 60.0 Å². The molecule has 1 atom stereocenters. The predicted molar refractivity (Wildman–Crippen MR) is 133 cm³/mol. The van der Waals surface area contributed by atoms with Gasteiger partial charge in [0.15, 0.2) is 26.6 Å². The van der Waals surface area contributed by atoms with E-state index in [4.69, 9.17) is 23.4 Å². The third-order valence-electron chi connectivity index (χ3n) is 6.85. The van der Waals surface area contributed by atoms with Crippen LogP contribution in [0.25, 0.3) is 0 Å². The van der Waals surface area contributed by atoms with E-state index in [-0.39, 0.29) is 12.4 Å². The van der Waals surface area contributed by atoms with Crippen LogP contribution in [0.4, 0.5) is 0 Å². The first-order chi connectivity index (χ1) is 15.2. The molecule has 6 heteroatoms. The molecular formula is C26H44O5Si. The van der Waals surface area contributed by atoms with Crippen molar-refractivity contribution in [2.24, 2.45) is 0 Å². The summed E-state index contributed by atoms with van der Waals surface area (Å²) in [4.78, 5) is 0. The molecule has 1 unspecified atom stereocenters. The Morgan fingerprint density at radius 1 is 1.12 bits per heavy atom. The molecule has 1 aromatic rings. The maximum atomic E-state index is 6.54. The molecule has 0 spiro atoms. The number of hydrogen-bond acceptors (Lipinski definition) is 5. The fourth-order valence-corrected chi connectivity index (χ4v) is 6.75. The number of ether oxygens (including phenoxy) is 4. The lowest BCUT2D eigenvalue weighted by Crippen LogP contribution is -2.35. The van der Waals surface area contributed by atoms with Crippen molar-refractivity contribution in [2.75, 3.05) is 21.0 Å². The van der Waals surface area contributed by atoms with Crippen molar-refractivity contribution >= 4 is 8.32 Å². The minimum Gasteiger partial charge on any atom is -0.493 e. The lowest BCUT2D eigenvalue weighted by Gasteiger charge is -2.28. The Bertz CT molecular complexity index is 747. The summed E-state index contributed by atoms with van der Waals surface area (Å²) in [5, 5.41) is 0. The minimum atomic E-state index is -1.66. The van der Waals surface area contributed by atoms with Gasteiger partial charge in [0.05, 0.1) is 25.4 Å². The van der Waals surface area contributed by atoms with Gasteiger partial charge in [-0.1, -0.05) is 32.4 Å². The molecule has 32 heavy (non-hydrogen) atoms. The van der Waals surface area contributed by atoms with Crippen LogP contribution >= 0.6 is 0 Å². The zero-order valence-electron chi connectivity index (χ0n) is 21.5. The molecule has 1 heterocycles. The quantitative estimate of drug-likeness (QED) is 0.126. The molecule has 1 aromatic carbocycles. The minimum absolute atomic E-state index is 0.0527. The second-order valence-corrected chi connectivity index (χ2v) is 14.1. The highest BCUT2D eigenvalue weighted by Gasteiger charge is 2.46. The fraction of sp³-hybridized carbons (Fsp3) is 0.692. The SMILES string of the molecule is CC[Si](CC)(CC)OCc1cc(C/C=C(\C)CCC2OC2(C)C)c(OCOC)c(OC)c1. The highest BCUT2D eigenvalue weighted by atomic mass is 28.4. The first kappa shape index (κ1) is 26.9. The predicted octanol–water partition coefficient (Wildman–Crippen LogP) is 6.65. The van der Waals surface area contributed by atoms with Crippen molar-refractivity contribution in [1.82, 2.24) is 0 Å². The van der Waals surface area contributed by atoms with Crippen LogP contribution in [0.2, 0.25) is 18.1 Å². The smallest absolute Gasteiger partial charge is 0.192 e. The summed E-state index contributed by atoms with van der Waals surface area (Å²) in [5.74, 6) is 1.48. The highest BCUT2D eigenvalue weighted by molar-refractivity contribution is 6.73. The molecule has 1 fully saturated rings. The van der Waals surface area contributed by atoms with Crippen molar-refractivity contribution < 1.29 is 23.4 Å². The molecule has 0 bridgehead atoms. The Morgan fingerprint density at radius 3 is 2.31 bits per heavy atom. The van der Waals surface area contributed by atoms with Crippen LogP contribution in [0, 0.1) is 0 Å². The lowest BCUT2D eigenvalue weighted by atomic mass is 10.0. The summed E-state index contributed by atoms with van der Waals surface area (Å²) in [6.45, 7) is 14.1. The summed E-state index contributed by atoms with van der Waals surface area (Å²) in [5.41, 5.74) is 3.65. The van der Waals surface area contributed by atoms with Crippen molar-refractivity contribution in [1.29, 1.82) is 0 Å². The summed E-state index contributed by atoms with van der Waals surface area (Å²) < 4.78 is 29.0. The summed E-state index contributed by atoms with van der Waals surface area (Å²) in [6, 6.07) is 7.66. The van der Waals surface area contributed by atoms with E-state index < -0.39 is 8.32 Å². The van der Waals surface area contributed by atoms with E-state index in [1.165, 1.54) is 5.57 Å². The largest absolute Gasteiger partial charge is 0.493 e. The van der Waals surface area contributed by atoms with Crippen molar-refractivity contribution in [3.8, 4) is 11.5 Å². The van der Waals surface area contributed by atoms with Gasteiger partial charge in [0, 0.05) is 12.7 Å². The third kappa shape index (κ3) is 7.34. The van der Waals surface area contributed by atoms with Gasteiger partial charge in [-0.2, -0.15) is 0 Å². The molecule has 0 aliphatic carbocycles. The third-order valence-corrected chi connectivity index (χ3v) is 11.5. The average Bonchev–Trinajstić information content (AvgIpc) is 3.42. The standard InChI is InChI=1S/C26H44O5Si/c1-9-32(10-2,11-3)30-18-21-16-22(25(29-19-27-7)23(17-21)28-8)14-12-20(4)13-15-24-26(5,6)31-24/h12,16-17,24H,9-11,13-15,18-19H2,1-8H3/b20-12+. The molecule has 0 saturated carbocycles. The average molecular weight is 465 g/mol. The molecule has 0 radical (unpaired) electrons. The molecule has 1 aliphatic heterocycles. The molecule has 1 aliphatic rings. The Morgan fingerprint density at radius 2 is 1.78 bits per heavy atom. The second-order valence-electron chi connectivity index (χ2n) is 9.37. The maximum Gasteiger partial charge on any atom is 0.192 e. The Labute approximate surface area is 196 Å². The van der Waals surface area contributed by atoms with Gasteiger partial charge < -0.3 is 23.4 Å². The van der Waals surface area contributed by atoms with Crippen LogP contribution in [0.3, 0.4) is 0 Å². The molecule has 5 nitrogen and oxygen atoms in total. The zero-order valence-corrected chi connectivity index (χ0v) is 22.5. The van der Waals surface area contributed by atoms with E-state index >= 15 is 0 Å². The van der Waals surface area contributed by atoms with Gasteiger partial charge in [0.25, 0.3) is 0 Å². The van der Waals surface area contributed by atoms with Crippen LogP contribution in [0.15, 0.2) is 23.8 Å². The zero-order chi connectivity index (χ0) is 23.8. The van der Waals surface area contributed by atoms with Gasteiger partial charge in [-0.3, -0.25) is 0 Å². The Balaban J connectivity index is 2.19. The van der Waals surface area contributed by atoms with E-state index in [0.29, 0.717) is 12.7 Å². The van der Waals surface area contributed by atoms with Crippen LogP contribution in [-0.2, 0) is 26.9 Å². The molecule has 182 valence electrons. The number of methoxy groups -OCH3 is 2. The molecule has 1 saturated heterocycles. The first-order valence-corrected chi connectivity index (χ1v) is 14.6. The normalized spacial score (nSPS) is 18.0. The van der Waals surface area contributed by atoms with Crippen molar-refractivity contribution in [2.45, 2.75) is 97.2 Å². The highest BCUT2D eigenvalue weighted by Crippen LogP contribution is 2.39.